The Kier molecular flexibility index (Phi) is 5.34. The Balaban J connectivity index is 1.40. The Morgan fingerprint density at radius 1 is 1.19 bits per heavy atom. The monoisotopic (exact) mass is 436 g/mol. The van der Waals surface area contributed by atoms with Crippen molar-refractivity contribution in [3.63, 3.8) is 0 Å². The minimum Gasteiger partial charge on any atom is -0.424 e. The first-order valence-corrected chi connectivity index (χ1v) is 10.3. The molecule has 4 rings (SSSR count). The van der Waals surface area contributed by atoms with E-state index in [4.69, 9.17) is 4.42 Å². The SMILES string of the molecule is Cc1ccc(C2(C)NC(=O)N(CC(=O)N3CCN(c4oc(C)nc4C#N)CC3)C2=O)cc1. The van der Waals surface area contributed by atoms with Crippen molar-refractivity contribution in [3.05, 3.63) is 47.0 Å². The molecule has 10 heteroatoms. The van der Waals surface area contributed by atoms with Gasteiger partial charge >= 0.3 is 6.03 Å². The minimum absolute atomic E-state index is 0.219. The number of benzene rings is 1. The summed E-state index contributed by atoms with van der Waals surface area (Å²) in [6.07, 6.45) is 0. The zero-order chi connectivity index (χ0) is 23.0. The van der Waals surface area contributed by atoms with Crippen LogP contribution in [0.3, 0.4) is 0 Å². The summed E-state index contributed by atoms with van der Waals surface area (Å²) in [6, 6.07) is 8.79. The van der Waals surface area contributed by atoms with Crippen LogP contribution in [-0.4, -0.2) is 65.4 Å². The molecular formula is C22H24N6O4. The molecule has 3 heterocycles. The predicted molar refractivity (Wildman–Crippen MR) is 114 cm³/mol. The normalized spacial score (nSPS) is 21.0. The molecule has 2 aliphatic heterocycles. The van der Waals surface area contributed by atoms with E-state index >= 15 is 0 Å². The summed E-state index contributed by atoms with van der Waals surface area (Å²) in [7, 11) is 0. The van der Waals surface area contributed by atoms with E-state index < -0.39 is 17.5 Å². The van der Waals surface area contributed by atoms with E-state index in [9.17, 15) is 19.6 Å². The number of hydrogen-bond acceptors (Lipinski definition) is 7. The Hall–Kier alpha value is -3.87. The summed E-state index contributed by atoms with van der Waals surface area (Å²) in [5, 5.41) is 11.9. The van der Waals surface area contributed by atoms with Gasteiger partial charge in [0.15, 0.2) is 5.89 Å². The molecule has 166 valence electrons. The summed E-state index contributed by atoms with van der Waals surface area (Å²) >= 11 is 0. The Labute approximate surface area is 185 Å². The summed E-state index contributed by atoms with van der Waals surface area (Å²) < 4.78 is 5.53. The third-order valence-corrected chi connectivity index (χ3v) is 5.94. The number of amides is 4. The van der Waals surface area contributed by atoms with Gasteiger partial charge < -0.3 is 19.5 Å². The highest BCUT2D eigenvalue weighted by Gasteiger charge is 2.49. The van der Waals surface area contributed by atoms with Crippen LogP contribution in [0.5, 0.6) is 0 Å². The summed E-state index contributed by atoms with van der Waals surface area (Å²) in [5.41, 5.74) is 0.724. The number of nitrogens with zero attached hydrogens (tertiary/aromatic N) is 5. The fourth-order valence-corrected chi connectivity index (χ4v) is 4.02. The molecule has 1 aromatic heterocycles. The Morgan fingerprint density at radius 3 is 2.47 bits per heavy atom. The molecule has 2 fully saturated rings. The number of nitrogens with one attached hydrogen (secondary N) is 1. The van der Waals surface area contributed by atoms with E-state index in [1.807, 2.05) is 30.0 Å². The lowest BCUT2D eigenvalue weighted by molar-refractivity contribution is -0.139. The highest BCUT2D eigenvalue weighted by atomic mass is 16.4. The van der Waals surface area contributed by atoms with Crippen molar-refractivity contribution in [3.8, 4) is 6.07 Å². The number of piperazine rings is 1. The van der Waals surface area contributed by atoms with E-state index in [0.29, 0.717) is 43.5 Å². The largest absolute Gasteiger partial charge is 0.424 e. The van der Waals surface area contributed by atoms with E-state index in [2.05, 4.69) is 10.3 Å². The molecule has 1 atom stereocenters. The summed E-state index contributed by atoms with van der Waals surface area (Å²) in [6.45, 7) is 6.60. The van der Waals surface area contributed by atoms with Crippen LogP contribution in [0.2, 0.25) is 0 Å². The Morgan fingerprint density at radius 2 is 1.84 bits per heavy atom. The molecule has 0 saturated carbocycles. The maximum absolute atomic E-state index is 13.1. The van der Waals surface area contributed by atoms with Gasteiger partial charge in [-0.3, -0.25) is 14.5 Å². The van der Waals surface area contributed by atoms with Gasteiger partial charge in [-0.2, -0.15) is 5.26 Å². The molecule has 0 spiro atoms. The third kappa shape index (κ3) is 3.66. The van der Waals surface area contributed by atoms with Crippen LogP contribution >= 0.6 is 0 Å². The molecule has 2 saturated heterocycles. The van der Waals surface area contributed by atoms with Crippen LogP contribution in [-0.2, 0) is 15.1 Å². The number of aromatic nitrogens is 1. The van der Waals surface area contributed by atoms with Gasteiger partial charge in [-0.1, -0.05) is 29.8 Å². The van der Waals surface area contributed by atoms with Gasteiger partial charge in [0.05, 0.1) is 0 Å². The van der Waals surface area contributed by atoms with Gasteiger partial charge in [-0.05, 0) is 19.4 Å². The molecule has 2 aromatic rings. The lowest BCUT2D eigenvalue weighted by Gasteiger charge is -2.35. The molecule has 2 aliphatic rings. The van der Waals surface area contributed by atoms with Crippen molar-refractivity contribution < 1.29 is 18.8 Å². The molecular weight excluding hydrogens is 412 g/mol. The molecule has 1 N–H and O–H groups in total. The average Bonchev–Trinajstić information content (AvgIpc) is 3.27. The summed E-state index contributed by atoms with van der Waals surface area (Å²) in [5.74, 6) is 0.0509. The highest BCUT2D eigenvalue weighted by Crippen LogP contribution is 2.29. The molecule has 10 nitrogen and oxygen atoms in total. The van der Waals surface area contributed by atoms with Crippen molar-refractivity contribution in [1.29, 1.82) is 5.26 Å². The Bertz CT molecular complexity index is 1110. The third-order valence-electron chi connectivity index (χ3n) is 5.94. The van der Waals surface area contributed by atoms with E-state index in [1.165, 1.54) is 0 Å². The van der Waals surface area contributed by atoms with Gasteiger partial charge in [-0.25, -0.2) is 9.78 Å². The average molecular weight is 436 g/mol. The smallest absolute Gasteiger partial charge is 0.325 e. The van der Waals surface area contributed by atoms with Crippen LogP contribution < -0.4 is 10.2 Å². The maximum atomic E-state index is 13.1. The van der Waals surface area contributed by atoms with Gasteiger partial charge in [0, 0.05) is 33.1 Å². The lowest BCUT2D eigenvalue weighted by atomic mass is 9.91. The summed E-state index contributed by atoms with van der Waals surface area (Å²) in [4.78, 5) is 46.9. The molecule has 0 bridgehead atoms. The lowest BCUT2D eigenvalue weighted by Crippen LogP contribution is -2.52. The van der Waals surface area contributed by atoms with E-state index in [0.717, 1.165) is 10.5 Å². The first-order chi connectivity index (χ1) is 15.2. The van der Waals surface area contributed by atoms with Crippen molar-refractivity contribution in [2.75, 3.05) is 37.6 Å². The second-order valence-corrected chi connectivity index (χ2v) is 8.18. The fraction of sp³-hybridized carbons (Fsp3) is 0.409. The number of anilines is 1. The number of rotatable bonds is 4. The van der Waals surface area contributed by atoms with Crippen LogP contribution in [0, 0.1) is 25.2 Å². The number of imide groups is 1. The van der Waals surface area contributed by atoms with Crippen molar-refractivity contribution >= 4 is 23.7 Å². The quantitative estimate of drug-likeness (QED) is 0.716. The number of carbonyl (C=O) groups excluding carboxylic acids is 3. The second kappa shape index (κ2) is 8.00. The second-order valence-electron chi connectivity index (χ2n) is 8.18. The van der Waals surface area contributed by atoms with Crippen LogP contribution in [0.4, 0.5) is 10.7 Å². The molecule has 1 unspecified atom stereocenters. The van der Waals surface area contributed by atoms with Gasteiger partial charge in [0.1, 0.15) is 18.2 Å². The van der Waals surface area contributed by atoms with E-state index in [1.54, 1.807) is 30.9 Å². The molecule has 32 heavy (non-hydrogen) atoms. The zero-order valence-electron chi connectivity index (χ0n) is 18.2. The van der Waals surface area contributed by atoms with Crippen LogP contribution in [0.15, 0.2) is 28.7 Å². The van der Waals surface area contributed by atoms with Gasteiger partial charge in [0.2, 0.25) is 17.5 Å². The topological polar surface area (TPSA) is 123 Å². The molecule has 0 aliphatic carbocycles. The predicted octanol–water partition coefficient (Wildman–Crippen LogP) is 1.28. The molecule has 4 amide bonds. The van der Waals surface area contributed by atoms with Crippen molar-refractivity contribution in [1.82, 2.24) is 20.1 Å². The molecule has 0 radical (unpaired) electrons. The van der Waals surface area contributed by atoms with Gasteiger partial charge in [0.25, 0.3) is 5.91 Å². The first kappa shape index (κ1) is 21.4. The molecule has 1 aromatic carbocycles. The number of aryl methyl sites for hydroxylation is 2. The number of urea groups is 1. The number of oxazole rings is 1. The highest BCUT2D eigenvalue weighted by molar-refractivity contribution is 6.09. The first-order valence-electron chi connectivity index (χ1n) is 10.3. The van der Waals surface area contributed by atoms with E-state index in [-0.39, 0.29) is 18.1 Å². The van der Waals surface area contributed by atoms with Crippen molar-refractivity contribution in [2.24, 2.45) is 0 Å². The van der Waals surface area contributed by atoms with Crippen LogP contribution in [0.25, 0.3) is 0 Å². The van der Waals surface area contributed by atoms with Crippen molar-refractivity contribution in [2.45, 2.75) is 26.3 Å². The van der Waals surface area contributed by atoms with Crippen LogP contribution in [0.1, 0.15) is 29.6 Å². The zero-order valence-corrected chi connectivity index (χ0v) is 18.2. The minimum atomic E-state index is -1.21. The number of carbonyl (C=O) groups is 3. The number of nitriles is 1. The maximum Gasteiger partial charge on any atom is 0.325 e. The number of hydrogen-bond donors (Lipinski definition) is 1. The van der Waals surface area contributed by atoms with Gasteiger partial charge in [-0.15, -0.1) is 0 Å². The standard InChI is InChI=1S/C22H24N6O4/c1-14-4-6-16(7-5-14)22(3)20(30)28(21(31)25-22)13-18(29)26-8-10-27(11-9-26)19-17(12-23)24-15(2)32-19/h4-7H,8-11,13H2,1-3H3,(H,25,31). The fourth-order valence-electron chi connectivity index (χ4n) is 4.02.